The number of alkyl halides is 2. The number of hydrogen-bond acceptors (Lipinski definition) is 2. The monoisotopic (exact) mass is 539 g/mol. The van der Waals surface area contributed by atoms with E-state index in [0.29, 0.717) is 15.9 Å². The number of hydrogen-bond donors (Lipinski definition) is 0. The highest BCUT2D eigenvalue weighted by molar-refractivity contribution is 14.2. The van der Waals surface area contributed by atoms with E-state index in [1.807, 2.05) is 18.2 Å². The van der Waals surface area contributed by atoms with Gasteiger partial charge < -0.3 is 0 Å². The van der Waals surface area contributed by atoms with Crippen molar-refractivity contribution in [2.24, 2.45) is 0 Å². The lowest BCUT2D eigenvalue weighted by molar-refractivity contribution is 0.231. The zero-order valence-corrected chi connectivity index (χ0v) is 18.5. The van der Waals surface area contributed by atoms with E-state index in [2.05, 4.69) is 0 Å². The first kappa shape index (κ1) is 20.8. The summed E-state index contributed by atoms with van der Waals surface area (Å²) in [5, 5.41) is 1.96. The van der Waals surface area contributed by atoms with Crippen LogP contribution >= 0.6 is 39.4 Å². The third-order valence-electron chi connectivity index (χ3n) is 3.88. The Morgan fingerprint density at radius 1 is 0.778 bits per heavy atom. The summed E-state index contributed by atoms with van der Waals surface area (Å²) in [6, 6.07) is 26.9. The molecular weight excluding hydrogens is 524 g/mol. The second-order valence-corrected chi connectivity index (χ2v) is 19.2. The Balaban J connectivity index is 2.39. The van der Waals surface area contributed by atoms with Crippen LogP contribution in [0.1, 0.15) is 0 Å². The van der Waals surface area contributed by atoms with E-state index >= 15 is 0 Å². The summed E-state index contributed by atoms with van der Waals surface area (Å²) >= 11 is 1.08. The number of rotatable bonds is 6. The predicted octanol–water partition coefficient (Wildman–Crippen LogP) is 5.37. The second kappa shape index (κ2) is 7.84. The van der Waals surface area contributed by atoms with Crippen molar-refractivity contribution >= 4 is 61.0 Å². The first-order chi connectivity index (χ1) is 12.7. The molecule has 2 nitrogen and oxygen atoms in total. The fraction of sp³-hybridized carbons (Fsp3) is 0.0526. The molecule has 8 heteroatoms. The van der Waals surface area contributed by atoms with Gasteiger partial charge in [-0.15, -0.1) is 0 Å². The first-order valence-electron chi connectivity index (χ1n) is 7.90. The summed E-state index contributed by atoms with van der Waals surface area (Å²) in [4.78, 5) is 0. The van der Waals surface area contributed by atoms with Gasteiger partial charge in [-0.3, -0.25) is 0 Å². The normalized spacial score (nSPS) is 13.9. The molecule has 0 N–H and O–H groups in total. The molecule has 0 atom stereocenters. The van der Waals surface area contributed by atoms with Gasteiger partial charge >= 0.3 is 5.76 Å². The third kappa shape index (κ3) is 4.25. The Labute approximate surface area is 174 Å². The smallest absolute Gasteiger partial charge is 0.185 e. The fourth-order valence-corrected chi connectivity index (χ4v) is 11.2. The van der Waals surface area contributed by atoms with Crippen LogP contribution in [0.4, 0.5) is 8.78 Å². The van der Waals surface area contributed by atoms with Crippen LogP contribution in [0.25, 0.3) is 0 Å². The zero-order chi connectivity index (χ0) is 19.6. The van der Waals surface area contributed by atoms with Crippen LogP contribution in [0.15, 0.2) is 91.0 Å². The molecule has 0 aliphatic carbocycles. The topological polar surface area (TPSA) is 26.3 Å². The van der Waals surface area contributed by atoms with Crippen LogP contribution in [0, 0.1) is 0 Å². The van der Waals surface area contributed by atoms with Crippen LogP contribution in [-0.2, 0) is 9.70 Å². The molecule has 142 valence electrons. The molecule has 3 aromatic carbocycles. The van der Waals surface area contributed by atoms with E-state index in [0.717, 1.165) is 21.2 Å². The second-order valence-electron chi connectivity index (χ2n) is 5.70. The minimum absolute atomic E-state index is 0.652. The summed E-state index contributed by atoms with van der Waals surface area (Å²) in [5.74, 6) is -3.35. The lowest BCUT2D eigenvalue weighted by Gasteiger charge is -2.37. The van der Waals surface area contributed by atoms with Crippen molar-refractivity contribution in [3.63, 3.8) is 0 Å². The molecule has 0 unspecified atom stereocenters. The van der Waals surface area contributed by atoms with Crippen molar-refractivity contribution in [2.45, 2.75) is 5.76 Å². The molecule has 0 amide bonds. The predicted molar refractivity (Wildman–Crippen MR) is 120 cm³/mol. The molecule has 27 heavy (non-hydrogen) atoms. The Kier molecular flexibility index (Phi) is 6.04. The van der Waals surface area contributed by atoms with Gasteiger partial charge in [0.05, 0.1) is 21.2 Å². The highest BCUT2D eigenvalue weighted by atomic mass is 127. The van der Waals surface area contributed by atoms with Gasteiger partial charge in [0.1, 0.15) is 15.9 Å². The van der Waals surface area contributed by atoms with Gasteiger partial charge in [-0.05, 0) is 36.4 Å². The van der Waals surface area contributed by atoms with Gasteiger partial charge in [-0.1, -0.05) is 58.6 Å². The molecule has 0 aliphatic rings. The Hall–Kier alpha value is -0.920. The van der Waals surface area contributed by atoms with Crippen molar-refractivity contribution in [1.82, 2.24) is 0 Å². The average molecular weight is 540 g/mol. The molecular formula is C19H16ClF2IO2PS+. The van der Waals surface area contributed by atoms with Gasteiger partial charge in [0.25, 0.3) is 7.49 Å². The summed E-state index contributed by atoms with van der Waals surface area (Å²) in [7, 11) is 2.78. The Bertz CT molecular complexity index is 872. The van der Waals surface area contributed by atoms with Crippen molar-refractivity contribution < 1.29 is 17.0 Å². The Morgan fingerprint density at radius 3 is 1.33 bits per heavy atom. The largest absolute Gasteiger partial charge is 0.348 e. The molecule has 0 fully saturated rings. The lowest BCUT2D eigenvalue weighted by atomic mass is 10.4. The molecule has 0 bridgehead atoms. The molecule has 0 aliphatic heterocycles. The van der Waals surface area contributed by atoms with Gasteiger partial charge in [-0.2, -0.15) is 13.0 Å². The van der Waals surface area contributed by atoms with Crippen LogP contribution in [0.2, 0.25) is 0 Å². The molecule has 0 heterocycles. The lowest BCUT2D eigenvalue weighted by Crippen LogP contribution is -2.40. The minimum Gasteiger partial charge on any atom is -0.185 e. The van der Waals surface area contributed by atoms with E-state index in [9.17, 15) is 13.0 Å². The standard InChI is InChI=1S/C19H16ClF2IO2PS/c20-27(23,24,19(21)22)25-26(16-10-4-1-5-11-16,17-12-6-2-7-13-17)18-14-8-3-9-15-18/h1-15,19H/q+1. The van der Waals surface area contributed by atoms with Crippen LogP contribution < -0.4 is 15.9 Å². The molecule has 3 aromatic rings. The molecule has 0 radical (unpaired) electrons. The van der Waals surface area contributed by atoms with Crippen LogP contribution in [0.5, 0.6) is 0 Å². The number of benzene rings is 3. The van der Waals surface area contributed by atoms with E-state index in [1.54, 1.807) is 72.8 Å². The van der Waals surface area contributed by atoms with E-state index in [4.69, 9.17) is 14.7 Å². The summed E-state index contributed by atoms with van der Waals surface area (Å²) < 4.78 is 46.5. The summed E-state index contributed by atoms with van der Waals surface area (Å²) in [6.45, 7) is 0. The quantitative estimate of drug-likeness (QED) is 0.239. The van der Waals surface area contributed by atoms with Crippen LogP contribution in [0.3, 0.4) is 0 Å². The van der Waals surface area contributed by atoms with Gasteiger partial charge in [-0.25, -0.2) is 0 Å². The minimum atomic E-state index is -5.26. The van der Waals surface area contributed by atoms with Crippen LogP contribution in [-0.4, -0.2) is 9.97 Å². The summed E-state index contributed by atoms with van der Waals surface area (Å²) in [5.41, 5.74) is -5.26. The maximum Gasteiger partial charge on any atom is 0.348 e. The highest BCUT2D eigenvalue weighted by Crippen LogP contribution is 2.66. The highest BCUT2D eigenvalue weighted by Gasteiger charge is 2.57. The SMILES string of the molecule is O=S(Cl)(I)(O[P+](c1ccccc1)(c1ccccc1)c1ccccc1)C(F)F. The van der Waals surface area contributed by atoms with E-state index in [-0.39, 0.29) is 0 Å². The van der Waals surface area contributed by atoms with Gasteiger partial charge in [0.2, 0.25) is 0 Å². The van der Waals surface area contributed by atoms with E-state index < -0.39 is 19.0 Å². The number of halogens is 4. The molecule has 0 saturated heterocycles. The maximum atomic E-state index is 13.8. The maximum absolute atomic E-state index is 13.8. The van der Waals surface area contributed by atoms with Crippen molar-refractivity contribution in [1.29, 1.82) is 0 Å². The fourth-order valence-electron chi connectivity index (χ4n) is 2.72. The summed E-state index contributed by atoms with van der Waals surface area (Å²) in [6.07, 6.45) is 0. The van der Waals surface area contributed by atoms with E-state index in [1.165, 1.54) is 0 Å². The average Bonchev–Trinajstić information content (AvgIpc) is 2.68. The van der Waals surface area contributed by atoms with Gasteiger partial charge in [0.15, 0.2) is 0 Å². The molecule has 0 spiro atoms. The van der Waals surface area contributed by atoms with Crippen molar-refractivity contribution in [2.75, 3.05) is 0 Å². The molecule has 3 rings (SSSR count). The van der Waals surface area contributed by atoms with Crippen molar-refractivity contribution in [3.8, 4) is 0 Å². The van der Waals surface area contributed by atoms with Gasteiger partial charge in [0, 0.05) is 16.4 Å². The molecule has 0 saturated carbocycles. The third-order valence-corrected chi connectivity index (χ3v) is 13.0. The Morgan fingerprint density at radius 2 is 1.07 bits per heavy atom. The van der Waals surface area contributed by atoms with Crippen molar-refractivity contribution in [3.05, 3.63) is 91.0 Å². The zero-order valence-electron chi connectivity index (χ0n) is 13.9. The first-order valence-corrected chi connectivity index (χ1v) is 14.9. The molecule has 0 aromatic heterocycles.